The van der Waals surface area contributed by atoms with Crippen LogP contribution >= 0.6 is 0 Å². The van der Waals surface area contributed by atoms with Gasteiger partial charge in [0.05, 0.1) is 10.8 Å². The SMILES string of the molecule is CNC(=O)NC(=O)C(C)OC(=O)C1CCN(S(=O)(=O)c2ccc3c(c2)CCC3)CC1. The standard InChI is InChI=1S/C20H27N3O6S/c1-13(18(24)22-20(26)21-2)29-19(25)15-8-10-23(11-9-15)30(27,28)17-7-6-14-4-3-5-16(14)12-17/h6-7,12-13,15H,3-5,8-11H2,1-2H3,(H2,21,22,24,26). The Morgan fingerprint density at radius 3 is 2.47 bits per heavy atom. The number of hydrogen-bond acceptors (Lipinski definition) is 6. The Balaban J connectivity index is 1.55. The summed E-state index contributed by atoms with van der Waals surface area (Å²) in [4.78, 5) is 35.6. The maximum Gasteiger partial charge on any atom is 0.321 e. The number of aryl methyl sites for hydroxylation is 2. The fourth-order valence-electron chi connectivity index (χ4n) is 3.79. The number of carbonyl (C=O) groups excluding carboxylic acids is 3. The number of rotatable bonds is 5. The van der Waals surface area contributed by atoms with E-state index < -0.39 is 40.0 Å². The summed E-state index contributed by atoms with van der Waals surface area (Å²) in [5.41, 5.74) is 2.31. The fourth-order valence-corrected chi connectivity index (χ4v) is 5.31. The third-order valence-electron chi connectivity index (χ3n) is 5.62. The molecule has 164 valence electrons. The van der Waals surface area contributed by atoms with E-state index in [-0.39, 0.29) is 13.1 Å². The van der Waals surface area contributed by atoms with Crippen molar-refractivity contribution in [3.05, 3.63) is 29.3 Å². The summed E-state index contributed by atoms with van der Waals surface area (Å²) in [5.74, 6) is -1.78. The van der Waals surface area contributed by atoms with Crippen LogP contribution in [0.5, 0.6) is 0 Å². The molecule has 1 aromatic rings. The van der Waals surface area contributed by atoms with Gasteiger partial charge in [-0.3, -0.25) is 14.9 Å². The molecule has 0 saturated carbocycles. The Bertz CT molecular complexity index is 938. The first-order valence-electron chi connectivity index (χ1n) is 10.1. The third-order valence-corrected chi connectivity index (χ3v) is 7.52. The van der Waals surface area contributed by atoms with Gasteiger partial charge in [0.1, 0.15) is 0 Å². The van der Waals surface area contributed by atoms with Gasteiger partial charge in [-0.15, -0.1) is 0 Å². The van der Waals surface area contributed by atoms with E-state index >= 15 is 0 Å². The number of imide groups is 1. The Labute approximate surface area is 176 Å². The molecule has 0 radical (unpaired) electrons. The van der Waals surface area contributed by atoms with E-state index in [2.05, 4.69) is 5.32 Å². The van der Waals surface area contributed by atoms with Crippen molar-refractivity contribution in [2.24, 2.45) is 5.92 Å². The smallest absolute Gasteiger partial charge is 0.321 e. The van der Waals surface area contributed by atoms with Crippen molar-refractivity contribution in [2.45, 2.75) is 50.0 Å². The van der Waals surface area contributed by atoms with Crippen LogP contribution in [0.3, 0.4) is 0 Å². The molecule has 2 aliphatic rings. The fraction of sp³-hybridized carbons (Fsp3) is 0.550. The van der Waals surface area contributed by atoms with Gasteiger partial charge in [0, 0.05) is 20.1 Å². The van der Waals surface area contributed by atoms with Crippen molar-refractivity contribution < 1.29 is 27.5 Å². The van der Waals surface area contributed by atoms with Crippen molar-refractivity contribution in [3.63, 3.8) is 0 Å². The number of urea groups is 1. The molecule has 1 unspecified atom stereocenters. The normalized spacial score (nSPS) is 18.3. The molecule has 1 aliphatic carbocycles. The van der Waals surface area contributed by atoms with Crippen molar-refractivity contribution >= 4 is 27.9 Å². The molecule has 0 spiro atoms. The van der Waals surface area contributed by atoms with Crippen LogP contribution in [0.1, 0.15) is 37.3 Å². The summed E-state index contributed by atoms with van der Waals surface area (Å²) in [6, 6.07) is 4.63. The molecular weight excluding hydrogens is 410 g/mol. The number of sulfonamides is 1. The van der Waals surface area contributed by atoms with E-state index in [0.29, 0.717) is 17.7 Å². The van der Waals surface area contributed by atoms with Gasteiger partial charge in [-0.25, -0.2) is 13.2 Å². The maximum absolute atomic E-state index is 13.0. The van der Waals surface area contributed by atoms with Crippen LogP contribution < -0.4 is 10.6 Å². The van der Waals surface area contributed by atoms with Gasteiger partial charge in [0.15, 0.2) is 6.10 Å². The molecule has 1 aromatic carbocycles. The summed E-state index contributed by atoms with van der Waals surface area (Å²) < 4.78 is 32.5. The zero-order valence-electron chi connectivity index (χ0n) is 17.1. The van der Waals surface area contributed by atoms with Crippen molar-refractivity contribution in [1.82, 2.24) is 14.9 Å². The summed E-state index contributed by atoms with van der Waals surface area (Å²) >= 11 is 0. The van der Waals surface area contributed by atoms with Crippen LogP contribution in [0.15, 0.2) is 23.1 Å². The number of amides is 3. The first kappa shape index (κ1) is 22.2. The second-order valence-corrected chi connectivity index (χ2v) is 9.55. The lowest BCUT2D eigenvalue weighted by molar-refractivity contribution is -0.159. The van der Waals surface area contributed by atoms with Gasteiger partial charge in [-0.1, -0.05) is 6.07 Å². The molecule has 1 heterocycles. The second kappa shape index (κ2) is 9.13. The largest absolute Gasteiger partial charge is 0.452 e. The number of piperidine rings is 1. The van der Waals surface area contributed by atoms with Crippen molar-refractivity contribution in [3.8, 4) is 0 Å². The Hall–Kier alpha value is -2.46. The van der Waals surface area contributed by atoms with E-state index in [1.807, 2.05) is 11.4 Å². The zero-order valence-corrected chi connectivity index (χ0v) is 18.0. The van der Waals surface area contributed by atoms with Crippen LogP contribution in [0.2, 0.25) is 0 Å². The molecule has 9 nitrogen and oxygen atoms in total. The molecule has 3 rings (SSSR count). The molecule has 1 fully saturated rings. The summed E-state index contributed by atoms with van der Waals surface area (Å²) in [7, 11) is -2.25. The lowest BCUT2D eigenvalue weighted by Crippen LogP contribution is -2.45. The van der Waals surface area contributed by atoms with E-state index in [1.165, 1.54) is 23.8 Å². The van der Waals surface area contributed by atoms with Crippen LogP contribution in [-0.4, -0.2) is 56.9 Å². The van der Waals surface area contributed by atoms with E-state index in [4.69, 9.17) is 4.74 Å². The molecule has 2 N–H and O–H groups in total. The van der Waals surface area contributed by atoms with Gasteiger partial charge in [0.25, 0.3) is 5.91 Å². The Morgan fingerprint density at radius 1 is 1.13 bits per heavy atom. The number of nitrogens with zero attached hydrogens (tertiary/aromatic N) is 1. The minimum absolute atomic E-state index is 0.206. The monoisotopic (exact) mass is 437 g/mol. The average Bonchev–Trinajstić information content (AvgIpc) is 3.21. The number of fused-ring (bicyclic) bond motifs is 1. The lowest BCUT2D eigenvalue weighted by atomic mass is 9.98. The third kappa shape index (κ3) is 4.81. The average molecular weight is 438 g/mol. The van der Waals surface area contributed by atoms with Crippen molar-refractivity contribution in [2.75, 3.05) is 20.1 Å². The molecule has 3 amide bonds. The molecule has 1 atom stereocenters. The van der Waals surface area contributed by atoms with Crippen LogP contribution in [0.25, 0.3) is 0 Å². The Kier molecular flexibility index (Phi) is 6.77. The molecule has 30 heavy (non-hydrogen) atoms. The number of hydrogen-bond donors (Lipinski definition) is 2. The zero-order chi connectivity index (χ0) is 21.9. The highest BCUT2D eigenvalue weighted by Gasteiger charge is 2.34. The van der Waals surface area contributed by atoms with Crippen LogP contribution in [0.4, 0.5) is 4.79 Å². The lowest BCUT2D eigenvalue weighted by Gasteiger charge is -2.30. The quantitative estimate of drug-likeness (QED) is 0.662. The van der Waals surface area contributed by atoms with E-state index in [1.54, 1.807) is 12.1 Å². The summed E-state index contributed by atoms with van der Waals surface area (Å²) in [6.07, 6.45) is 2.44. The minimum Gasteiger partial charge on any atom is -0.452 e. The van der Waals surface area contributed by atoms with Gasteiger partial charge < -0.3 is 10.1 Å². The van der Waals surface area contributed by atoms with Crippen LogP contribution in [0, 0.1) is 5.92 Å². The van der Waals surface area contributed by atoms with Crippen LogP contribution in [-0.2, 0) is 37.2 Å². The molecule has 0 bridgehead atoms. The molecule has 0 aromatic heterocycles. The van der Waals surface area contributed by atoms with Gasteiger partial charge in [-0.2, -0.15) is 4.31 Å². The highest BCUT2D eigenvalue weighted by molar-refractivity contribution is 7.89. The minimum atomic E-state index is -3.61. The van der Waals surface area contributed by atoms with Gasteiger partial charge >= 0.3 is 12.0 Å². The highest BCUT2D eigenvalue weighted by Crippen LogP contribution is 2.29. The molecule has 1 aliphatic heterocycles. The van der Waals surface area contributed by atoms with Gasteiger partial charge in [0.2, 0.25) is 10.0 Å². The topological polar surface area (TPSA) is 122 Å². The number of carbonyl (C=O) groups is 3. The van der Waals surface area contributed by atoms with E-state index in [9.17, 15) is 22.8 Å². The number of benzene rings is 1. The molecule has 10 heteroatoms. The summed E-state index contributed by atoms with van der Waals surface area (Å²) in [6.45, 7) is 1.79. The predicted octanol–water partition coefficient (Wildman–Crippen LogP) is 0.963. The second-order valence-electron chi connectivity index (χ2n) is 7.61. The first-order valence-corrected chi connectivity index (χ1v) is 11.5. The highest BCUT2D eigenvalue weighted by atomic mass is 32.2. The van der Waals surface area contributed by atoms with Crippen molar-refractivity contribution in [1.29, 1.82) is 0 Å². The summed E-state index contributed by atoms with van der Waals surface area (Å²) in [5, 5.41) is 4.29. The first-order chi connectivity index (χ1) is 14.2. The maximum atomic E-state index is 13.0. The number of ether oxygens (including phenoxy) is 1. The molecular formula is C20H27N3O6S. The molecule has 1 saturated heterocycles. The number of nitrogens with one attached hydrogen (secondary N) is 2. The predicted molar refractivity (Wildman–Crippen MR) is 108 cm³/mol. The number of esters is 1. The van der Waals surface area contributed by atoms with Gasteiger partial charge in [-0.05, 0) is 62.3 Å². The Morgan fingerprint density at radius 2 is 1.80 bits per heavy atom. The van der Waals surface area contributed by atoms with E-state index in [0.717, 1.165) is 24.8 Å².